The first kappa shape index (κ1) is 11.9. The van der Waals surface area contributed by atoms with Gasteiger partial charge in [-0.05, 0) is 11.6 Å². The van der Waals surface area contributed by atoms with E-state index in [-0.39, 0.29) is 12.1 Å². The molecule has 104 valence electrons. The lowest BCUT2D eigenvalue weighted by Crippen LogP contribution is -2.34. The highest BCUT2D eigenvalue weighted by Gasteiger charge is 2.30. The quantitative estimate of drug-likeness (QED) is 0.892. The van der Waals surface area contributed by atoms with Gasteiger partial charge in [0.25, 0.3) is 0 Å². The van der Waals surface area contributed by atoms with E-state index in [1.807, 2.05) is 18.2 Å². The molecule has 0 spiro atoms. The first-order valence-electron chi connectivity index (χ1n) is 6.79. The minimum atomic E-state index is -0.158. The van der Waals surface area contributed by atoms with E-state index in [1.165, 1.54) is 5.56 Å². The van der Waals surface area contributed by atoms with Crippen LogP contribution in [0, 0.1) is 0 Å². The Bertz CT molecular complexity index is 582. The summed E-state index contributed by atoms with van der Waals surface area (Å²) in [6, 6.07) is 7.98. The fourth-order valence-corrected chi connectivity index (χ4v) is 2.57. The van der Waals surface area contributed by atoms with E-state index in [0.717, 1.165) is 25.3 Å². The van der Waals surface area contributed by atoms with Crippen LogP contribution in [-0.4, -0.2) is 29.9 Å². The standard InChI is InChI=1S/C14H15N3O3/c1-2-4-11-9(3-1)7-12(19-11)13-16-14(20-17-13)10-8-18-6-5-15-10/h1-4,10,12,15H,5-8H2. The van der Waals surface area contributed by atoms with Gasteiger partial charge in [-0.25, -0.2) is 0 Å². The number of nitrogens with zero attached hydrogens (tertiary/aromatic N) is 2. The van der Waals surface area contributed by atoms with Crippen molar-refractivity contribution in [2.75, 3.05) is 19.8 Å². The zero-order valence-electron chi connectivity index (χ0n) is 10.9. The Morgan fingerprint density at radius 3 is 3.05 bits per heavy atom. The maximum absolute atomic E-state index is 5.86. The number of rotatable bonds is 2. The smallest absolute Gasteiger partial charge is 0.246 e. The molecule has 2 unspecified atom stereocenters. The van der Waals surface area contributed by atoms with Gasteiger partial charge in [-0.1, -0.05) is 23.4 Å². The predicted octanol–water partition coefficient (Wildman–Crippen LogP) is 1.41. The van der Waals surface area contributed by atoms with Crippen molar-refractivity contribution in [2.24, 2.45) is 0 Å². The Morgan fingerprint density at radius 1 is 1.25 bits per heavy atom. The Morgan fingerprint density at radius 2 is 2.20 bits per heavy atom. The molecule has 0 saturated carbocycles. The molecule has 1 aromatic heterocycles. The van der Waals surface area contributed by atoms with Gasteiger partial charge in [0.1, 0.15) is 11.8 Å². The van der Waals surface area contributed by atoms with Crippen LogP contribution in [0.2, 0.25) is 0 Å². The largest absolute Gasteiger partial charge is 0.482 e. The Labute approximate surface area is 116 Å². The van der Waals surface area contributed by atoms with Crippen molar-refractivity contribution in [1.29, 1.82) is 0 Å². The number of hydrogen-bond donors (Lipinski definition) is 1. The molecule has 0 aliphatic carbocycles. The molecule has 6 heteroatoms. The molecule has 2 aliphatic heterocycles. The summed E-state index contributed by atoms with van der Waals surface area (Å²) >= 11 is 0. The Balaban J connectivity index is 1.52. The van der Waals surface area contributed by atoms with Crippen molar-refractivity contribution in [2.45, 2.75) is 18.6 Å². The lowest BCUT2D eigenvalue weighted by atomic mass is 10.1. The summed E-state index contributed by atoms with van der Waals surface area (Å²) < 4.78 is 16.6. The van der Waals surface area contributed by atoms with Crippen molar-refractivity contribution in [3.8, 4) is 5.75 Å². The second kappa shape index (κ2) is 4.88. The lowest BCUT2D eigenvalue weighted by molar-refractivity contribution is 0.0659. The molecule has 1 aromatic carbocycles. The van der Waals surface area contributed by atoms with Crippen molar-refractivity contribution in [3.63, 3.8) is 0 Å². The molecule has 3 heterocycles. The fraction of sp³-hybridized carbons (Fsp3) is 0.429. The molecule has 2 aliphatic rings. The zero-order chi connectivity index (χ0) is 13.4. The minimum absolute atomic E-state index is 0.0196. The second-order valence-electron chi connectivity index (χ2n) is 4.99. The van der Waals surface area contributed by atoms with Gasteiger partial charge < -0.3 is 19.3 Å². The highest BCUT2D eigenvalue weighted by molar-refractivity contribution is 5.37. The van der Waals surface area contributed by atoms with Crippen LogP contribution in [0.25, 0.3) is 0 Å². The summed E-state index contributed by atoms with van der Waals surface area (Å²) in [5.74, 6) is 2.07. The van der Waals surface area contributed by atoms with Crippen LogP contribution in [0.15, 0.2) is 28.8 Å². The molecule has 1 N–H and O–H groups in total. The van der Waals surface area contributed by atoms with Crippen molar-refractivity contribution in [3.05, 3.63) is 41.5 Å². The van der Waals surface area contributed by atoms with Gasteiger partial charge in [0.2, 0.25) is 11.7 Å². The maximum atomic E-state index is 5.86. The van der Waals surface area contributed by atoms with E-state index < -0.39 is 0 Å². The average Bonchev–Trinajstić information content (AvgIpc) is 3.14. The van der Waals surface area contributed by atoms with Crippen LogP contribution in [0.3, 0.4) is 0 Å². The number of nitrogens with one attached hydrogen (secondary N) is 1. The predicted molar refractivity (Wildman–Crippen MR) is 69.4 cm³/mol. The average molecular weight is 273 g/mol. The van der Waals surface area contributed by atoms with Gasteiger partial charge in [-0.15, -0.1) is 0 Å². The van der Waals surface area contributed by atoms with Crippen LogP contribution in [0.5, 0.6) is 5.75 Å². The number of fused-ring (bicyclic) bond motifs is 1. The lowest BCUT2D eigenvalue weighted by Gasteiger charge is -2.20. The van der Waals surface area contributed by atoms with E-state index in [2.05, 4.69) is 21.5 Å². The number of hydrogen-bond acceptors (Lipinski definition) is 6. The molecule has 1 saturated heterocycles. The SMILES string of the molecule is c1ccc2c(c1)CC(c1noc(C3COCCN3)n1)O2. The molecule has 2 aromatic rings. The van der Waals surface area contributed by atoms with Gasteiger partial charge in [0.15, 0.2) is 6.10 Å². The van der Waals surface area contributed by atoms with E-state index in [0.29, 0.717) is 18.3 Å². The number of para-hydroxylation sites is 1. The van der Waals surface area contributed by atoms with Gasteiger partial charge >= 0.3 is 0 Å². The zero-order valence-corrected chi connectivity index (χ0v) is 10.9. The highest BCUT2D eigenvalue weighted by atomic mass is 16.5. The van der Waals surface area contributed by atoms with E-state index in [9.17, 15) is 0 Å². The molecule has 0 radical (unpaired) electrons. The first-order valence-corrected chi connectivity index (χ1v) is 6.79. The van der Waals surface area contributed by atoms with Crippen molar-refractivity contribution >= 4 is 0 Å². The summed E-state index contributed by atoms with van der Waals surface area (Å²) in [7, 11) is 0. The number of aromatic nitrogens is 2. The second-order valence-corrected chi connectivity index (χ2v) is 4.99. The van der Waals surface area contributed by atoms with Crippen LogP contribution in [-0.2, 0) is 11.2 Å². The number of benzene rings is 1. The van der Waals surface area contributed by atoms with Gasteiger partial charge in [0.05, 0.1) is 13.2 Å². The van der Waals surface area contributed by atoms with Gasteiger partial charge in [0, 0.05) is 13.0 Å². The third-order valence-electron chi connectivity index (χ3n) is 3.61. The minimum Gasteiger partial charge on any atom is -0.482 e. The van der Waals surface area contributed by atoms with Crippen LogP contribution >= 0.6 is 0 Å². The molecule has 4 rings (SSSR count). The normalized spacial score (nSPS) is 25.2. The van der Waals surface area contributed by atoms with Crippen molar-refractivity contribution in [1.82, 2.24) is 15.5 Å². The fourth-order valence-electron chi connectivity index (χ4n) is 2.57. The van der Waals surface area contributed by atoms with Gasteiger partial charge in [-0.2, -0.15) is 4.98 Å². The van der Waals surface area contributed by atoms with E-state index >= 15 is 0 Å². The topological polar surface area (TPSA) is 69.4 Å². The summed E-state index contributed by atoms with van der Waals surface area (Å²) in [6.07, 6.45) is 0.624. The summed E-state index contributed by atoms with van der Waals surface area (Å²) in [6.45, 7) is 2.08. The molecular formula is C14H15N3O3. The van der Waals surface area contributed by atoms with E-state index in [4.69, 9.17) is 14.0 Å². The molecule has 20 heavy (non-hydrogen) atoms. The van der Waals surface area contributed by atoms with Crippen LogP contribution in [0.4, 0.5) is 0 Å². The Kier molecular flexibility index (Phi) is 2.90. The summed E-state index contributed by atoms with van der Waals surface area (Å²) in [4.78, 5) is 4.45. The van der Waals surface area contributed by atoms with E-state index in [1.54, 1.807) is 0 Å². The third-order valence-corrected chi connectivity index (χ3v) is 3.61. The molecule has 0 bridgehead atoms. The summed E-state index contributed by atoms with van der Waals surface area (Å²) in [5, 5.41) is 7.34. The number of morpholine rings is 1. The monoisotopic (exact) mass is 273 g/mol. The molecule has 1 fully saturated rings. The first-order chi connectivity index (χ1) is 9.90. The molecule has 6 nitrogen and oxygen atoms in total. The Hall–Kier alpha value is -1.92. The van der Waals surface area contributed by atoms with Crippen molar-refractivity contribution < 1.29 is 14.0 Å². The number of ether oxygens (including phenoxy) is 2. The maximum Gasteiger partial charge on any atom is 0.246 e. The molecule has 2 atom stereocenters. The van der Waals surface area contributed by atoms with Crippen LogP contribution in [0.1, 0.15) is 29.4 Å². The van der Waals surface area contributed by atoms with Crippen LogP contribution < -0.4 is 10.1 Å². The van der Waals surface area contributed by atoms with Gasteiger partial charge in [-0.3, -0.25) is 0 Å². The third kappa shape index (κ3) is 2.07. The highest BCUT2D eigenvalue weighted by Crippen LogP contribution is 2.35. The molecular weight excluding hydrogens is 258 g/mol. The molecule has 0 amide bonds. The summed E-state index contributed by atoms with van der Waals surface area (Å²) in [5.41, 5.74) is 1.18.